The Morgan fingerprint density at radius 1 is 1.07 bits per heavy atom. The molecule has 1 aliphatic rings. The van der Waals surface area contributed by atoms with Gasteiger partial charge in [-0.25, -0.2) is 4.79 Å². The van der Waals surface area contributed by atoms with Crippen molar-refractivity contribution in [3.63, 3.8) is 0 Å². The number of carbonyl (C=O) groups excluding carboxylic acids is 1. The first-order chi connectivity index (χ1) is 14.6. The third-order valence-corrected chi connectivity index (χ3v) is 6.21. The molecule has 30 heavy (non-hydrogen) atoms. The largest absolute Gasteiger partial charge is 0.497 e. The molecular formula is C25H29NO4. The van der Waals surface area contributed by atoms with Crippen LogP contribution in [0.15, 0.2) is 46.9 Å². The molecule has 0 bridgehead atoms. The normalized spacial score (nSPS) is 15.7. The molecule has 1 aliphatic carbocycles. The van der Waals surface area contributed by atoms with Crippen molar-refractivity contribution in [1.29, 1.82) is 0 Å². The number of esters is 1. The van der Waals surface area contributed by atoms with E-state index in [0.717, 1.165) is 33.7 Å². The highest BCUT2D eigenvalue weighted by atomic mass is 16.5. The van der Waals surface area contributed by atoms with E-state index in [1.807, 2.05) is 30.3 Å². The zero-order valence-electron chi connectivity index (χ0n) is 17.9. The van der Waals surface area contributed by atoms with E-state index < -0.39 is 0 Å². The zero-order chi connectivity index (χ0) is 21.1. The second kappa shape index (κ2) is 8.82. The van der Waals surface area contributed by atoms with Gasteiger partial charge in [-0.2, -0.15) is 0 Å². The number of rotatable bonds is 6. The molecule has 0 saturated heterocycles. The molecule has 0 aliphatic heterocycles. The van der Waals surface area contributed by atoms with Crippen molar-refractivity contribution in [3.05, 3.63) is 59.4 Å². The minimum absolute atomic E-state index is 0.0765. The molecule has 1 unspecified atom stereocenters. The first-order valence-electron chi connectivity index (χ1n) is 10.6. The van der Waals surface area contributed by atoms with E-state index in [0.29, 0.717) is 11.5 Å². The second-order valence-electron chi connectivity index (χ2n) is 8.04. The molecule has 1 heterocycles. The van der Waals surface area contributed by atoms with Crippen LogP contribution in [0.5, 0.6) is 5.75 Å². The average Bonchev–Trinajstić information content (AvgIpc) is 3.13. The number of aryl methyl sites for hydroxylation is 1. The molecule has 1 aromatic heterocycles. The summed E-state index contributed by atoms with van der Waals surface area (Å²) in [5.74, 6) is 1.99. The number of benzene rings is 2. The van der Waals surface area contributed by atoms with Crippen LogP contribution in [-0.2, 0) is 4.74 Å². The number of ether oxygens (including phenoxy) is 2. The van der Waals surface area contributed by atoms with E-state index in [-0.39, 0.29) is 12.0 Å². The van der Waals surface area contributed by atoms with E-state index in [2.05, 4.69) is 12.2 Å². The lowest BCUT2D eigenvalue weighted by molar-refractivity contribution is 0.0601. The maximum Gasteiger partial charge on any atom is 0.337 e. The van der Waals surface area contributed by atoms with Crippen molar-refractivity contribution in [2.45, 2.75) is 45.1 Å². The standard InChI is InChI=1S/C25H29NO4/c1-16-21-15-20(28-2)13-14-22(21)30-24(16)23(17-7-5-4-6-8-17)26-19-11-9-18(10-12-19)25(27)29-3/h9-15,17,23,26H,4-8H2,1-3H3. The molecule has 1 N–H and O–H groups in total. The predicted molar refractivity (Wildman–Crippen MR) is 118 cm³/mol. The number of methoxy groups -OCH3 is 2. The Hall–Kier alpha value is -2.95. The molecule has 0 spiro atoms. The lowest BCUT2D eigenvalue weighted by Gasteiger charge is -2.31. The summed E-state index contributed by atoms with van der Waals surface area (Å²) in [4.78, 5) is 11.7. The molecule has 0 radical (unpaired) electrons. The second-order valence-corrected chi connectivity index (χ2v) is 8.04. The summed E-state index contributed by atoms with van der Waals surface area (Å²) in [6.45, 7) is 2.12. The average molecular weight is 408 g/mol. The SMILES string of the molecule is COC(=O)c1ccc(NC(c2oc3ccc(OC)cc3c2C)C2CCCCC2)cc1. The Labute approximate surface area is 177 Å². The summed E-state index contributed by atoms with van der Waals surface area (Å²) in [6, 6.07) is 13.5. The molecule has 5 nitrogen and oxygen atoms in total. The Kier molecular flexibility index (Phi) is 5.98. The maximum absolute atomic E-state index is 11.7. The minimum atomic E-state index is -0.326. The van der Waals surface area contributed by atoms with Crippen LogP contribution in [0.2, 0.25) is 0 Å². The first kappa shape index (κ1) is 20.3. The quantitative estimate of drug-likeness (QED) is 0.488. The van der Waals surface area contributed by atoms with Crippen LogP contribution in [0.25, 0.3) is 11.0 Å². The number of hydrogen-bond donors (Lipinski definition) is 1. The Morgan fingerprint density at radius 3 is 2.47 bits per heavy atom. The topological polar surface area (TPSA) is 60.7 Å². The van der Waals surface area contributed by atoms with Crippen molar-refractivity contribution < 1.29 is 18.7 Å². The monoisotopic (exact) mass is 407 g/mol. The molecular weight excluding hydrogens is 378 g/mol. The van der Waals surface area contributed by atoms with Crippen LogP contribution in [-0.4, -0.2) is 20.2 Å². The fourth-order valence-electron chi connectivity index (χ4n) is 4.51. The molecule has 5 heteroatoms. The van der Waals surface area contributed by atoms with E-state index >= 15 is 0 Å². The summed E-state index contributed by atoms with van der Waals surface area (Å²) in [6.07, 6.45) is 6.15. The van der Waals surface area contributed by atoms with Crippen molar-refractivity contribution >= 4 is 22.6 Å². The lowest BCUT2D eigenvalue weighted by Crippen LogP contribution is -2.23. The fraction of sp³-hybridized carbons (Fsp3) is 0.400. The van der Waals surface area contributed by atoms with Gasteiger partial charge in [0.1, 0.15) is 17.1 Å². The van der Waals surface area contributed by atoms with Crippen molar-refractivity contribution in [3.8, 4) is 5.75 Å². The van der Waals surface area contributed by atoms with Crippen molar-refractivity contribution in [1.82, 2.24) is 0 Å². The van der Waals surface area contributed by atoms with Gasteiger partial charge in [0.05, 0.1) is 25.8 Å². The number of nitrogens with one attached hydrogen (secondary N) is 1. The minimum Gasteiger partial charge on any atom is -0.497 e. The molecule has 0 amide bonds. The molecule has 158 valence electrons. The van der Waals surface area contributed by atoms with Gasteiger partial charge in [-0.3, -0.25) is 0 Å². The van der Waals surface area contributed by atoms with E-state index in [1.54, 1.807) is 19.2 Å². The lowest BCUT2D eigenvalue weighted by atomic mass is 9.82. The van der Waals surface area contributed by atoms with Crippen molar-refractivity contribution in [2.24, 2.45) is 5.92 Å². The third-order valence-electron chi connectivity index (χ3n) is 6.21. The highest BCUT2D eigenvalue weighted by Crippen LogP contribution is 2.41. The van der Waals surface area contributed by atoms with E-state index in [1.165, 1.54) is 39.2 Å². The molecule has 1 saturated carbocycles. The third kappa shape index (κ3) is 4.02. The van der Waals surface area contributed by atoms with E-state index in [9.17, 15) is 4.79 Å². The van der Waals surface area contributed by atoms with Crippen LogP contribution in [0.1, 0.15) is 59.8 Å². The molecule has 1 atom stereocenters. The molecule has 2 aromatic carbocycles. The first-order valence-corrected chi connectivity index (χ1v) is 10.6. The van der Waals surface area contributed by atoms with Gasteiger partial charge in [0.15, 0.2) is 0 Å². The van der Waals surface area contributed by atoms with Gasteiger partial charge in [0, 0.05) is 16.6 Å². The van der Waals surface area contributed by atoms with Gasteiger partial charge in [0.25, 0.3) is 0 Å². The summed E-state index contributed by atoms with van der Waals surface area (Å²) in [7, 11) is 3.08. The van der Waals surface area contributed by atoms with Crippen LogP contribution < -0.4 is 10.1 Å². The number of furan rings is 1. The number of carbonyl (C=O) groups is 1. The molecule has 4 rings (SSSR count). The highest BCUT2D eigenvalue weighted by molar-refractivity contribution is 5.89. The maximum atomic E-state index is 11.7. The highest BCUT2D eigenvalue weighted by Gasteiger charge is 2.30. The van der Waals surface area contributed by atoms with Gasteiger partial charge in [-0.1, -0.05) is 19.3 Å². The van der Waals surface area contributed by atoms with Gasteiger partial charge in [-0.05, 0) is 68.1 Å². The smallest absolute Gasteiger partial charge is 0.337 e. The Bertz CT molecular complexity index is 1020. The van der Waals surface area contributed by atoms with Crippen molar-refractivity contribution in [2.75, 3.05) is 19.5 Å². The Morgan fingerprint density at radius 2 is 1.80 bits per heavy atom. The Balaban J connectivity index is 1.69. The number of anilines is 1. The van der Waals surface area contributed by atoms with Crippen LogP contribution >= 0.6 is 0 Å². The van der Waals surface area contributed by atoms with Crippen LogP contribution in [0, 0.1) is 12.8 Å². The van der Waals surface area contributed by atoms with Gasteiger partial charge in [-0.15, -0.1) is 0 Å². The zero-order valence-corrected chi connectivity index (χ0v) is 17.9. The van der Waals surface area contributed by atoms with Gasteiger partial charge in [0.2, 0.25) is 0 Å². The summed E-state index contributed by atoms with van der Waals surface area (Å²) in [5.41, 5.74) is 3.55. The van der Waals surface area contributed by atoms with Gasteiger partial charge >= 0.3 is 5.97 Å². The number of fused-ring (bicyclic) bond motifs is 1. The van der Waals surface area contributed by atoms with Crippen LogP contribution in [0.3, 0.4) is 0 Å². The summed E-state index contributed by atoms with van der Waals surface area (Å²) in [5, 5.41) is 4.79. The molecule has 1 fully saturated rings. The number of hydrogen-bond acceptors (Lipinski definition) is 5. The van der Waals surface area contributed by atoms with E-state index in [4.69, 9.17) is 13.9 Å². The molecule has 3 aromatic rings. The summed E-state index contributed by atoms with van der Waals surface area (Å²) < 4.78 is 16.6. The van der Waals surface area contributed by atoms with Crippen LogP contribution in [0.4, 0.5) is 5.69 Å². The summed E-state index contributed by atoms with van der Waals surface area (Å²) >= 11 is 0. The van der Waals surface area contributed by atoms with Gasteiger partial charge < -0.3 is 19.2 Å². The fourth-order valence-corrected chi connectivity index (χ4v) is 4.51. The predicted octanol–water partition coefficient (Wildman–Crippen LogP) is 6.27.